The molecule has 1 heterocycles. The van der Waals surface area contributed by atoms with E-state index in [0.29, 0.717) is 6.54 Å². The van der Waals surface area contributed by atoms with E-state index in [1.165, 1.54) is 10.5 Å². The summed E-state index contributed by atoms with van der Waals surface area (Å²) >= 11 is 0. The maximum absolute atomic E-state index is 12.6. The minimum atomic E-state index is -0.112. The van der Waals surface area contributed by atoms with E-state index in [9.17, 15) is 9.59 Å². The topological polar surface area (TPSA) is 61.4 Å². The first-order chi connectivity index (χ1) is 10.1. The molecule has 1 aromatic rings. The summed E-state index contributed by atoms with van der Waals surface area (Å²) in [7, 11) is 1.67. The molecule has 5 heteroatoms. The zero-order valence-corrected chi connectivity index (χ0v) is 12.7. The summed E-state index contributed by atoms with van der Waals surface area (Å²) in [6, 6.07) is 5.81. The van der Waals surface area contributed by atoms with Crippen molar-refractivity contribution in [1.82, 2.24) is 15.5 Å². The highest BCUT2D eigenvalue weighted by Crippen LogP contribution is 2.19. The van der Waals surface area contributed by atoms with Crippen LogP contribution in [0.4, 0.5) is 0 Å². The average Bonchev–Trinajstić information content (AvgIpc) is 2.51. The van der Waals surface area contributed by atoms with Crippen molar-refractivity contribution in [2.75, 3.05) is 26.7 Å². The van der Waals surface area contributed by atoms with Crippen LogP contribution in [0.25, 0.3) is 0 Å². The highest BCUT2D eigenvalue weighted by Gasteiger charge is 2.20. The molecular formula is C16H23N3O2. The van der Waals surface area contributed by atoms with E-state index in [-0.39, 0.29) is 18.4 Å². The van der Waals surface area contributed by atoms with Crippen LogP contribution in [0.3, 0.4) is 0 Å². The average molecular weight is 289 g/mol. The quantitative estimate of drug-likeness (QED) is 0.848. The molecule has 0 aliphatic carbocycles. The van der Waals surface area contributed by atoms with E-state index in [4.69, 9.17) is 0 Å². The second-order valence-electron chi connectivity index (χ2n) is 5.38. The number of nitrogens with zero attached hydrogens (tertiary/aromatic N) is 1. The third kappa shape index (κ3) is 3.82. The Morgan fingerprint density at radius 1 is 1.38 bits per heavy atom. The van der Waals surface area contributed by atoms with Crippen LogP contribution in [0.1, 0.15) is 34.8 Å². The zero-order valence-electron chi connectivity index (χ0n) is 12.7. The van der Waals surface area contributed by atoms with Crippen LogP contribution in [0, 0.1) is 0 Å². The lowest BCUT2D eigenvalue weighted by atomic mass is 9.95. The molecule has 1 aromatic carbocycles. The number of amides is 2. The predicted molar refractivity (Wildman–Crippen MR) is 82.1 cm³/mol. The molecule has 0 radical (unpaired) electrons. The molecule has 21 heavy (non-hydrogen) atoms. The van der Waals surface area contributed by atoms with Gasteiger partial charge in [-0.05, 0) is 36.6 Å². The molecule has 0 spiro atoms. The maximum Gasteiger partial charge on any atom is 0.254 e. The number of carbonyl (C=O) groups excluding carboxylic acids is 2. The fourth-order valence-corrected chi connectivity index (χ4v) is 2.55. The van der Waals surface area contributed by atoms with Gasteiger partial charge in [-0.15, -0.1) is 0 Å². The molecule has 0 saturated carbocycles. The predicted octanol–water partition coefficient (Wildman–Crippen LogP) is 0.930. The molecule has 0 atom stereocenters. The van der Waals surface area contributed by atoms with Gasteiger partial charge in [0, 0.05) is 25.7 Å². The Morgan fingerprint density at radius 3 is 2.95 bits per heavy atom. The maximum atomic E-state index is 12.6. The standard InChI is InChI=1S/C16H23N3O2/c1-3-8-18-15(20)11-19(2)16(21)14-6-4-5-12-10-17-9-7-13(12)14/h4-6,17H,3,7-11H2,1-2H3,(H,18,20). The second-order valence-corrected chi connectivity index (χ2v) is 5.38. The molecule has 0 fully saturated rings. The van der Waals surface area contributed by atoms with E-state index >= 15 is 0 Å². The molecule has 114 valence electrons. The number of rotatable bonds is 5. The molecule has 0 bridgehead atoms. The Balaban J connectivity index is 2.07. The number of benzene rings is 1. The smallest absolute Gasteiger partial charge is 0.254 e. The molecule has 2 rings (SSSR count). The zero-order chi connectivity index (χ0) is 15.2. The lowest BCUT2D eigenvalue weighted by Crippen LogP contribution is -2.39. The van der Waals surface area contributed by atoms with Gasteiger partial charge in [-0.2, -0.15) is 0 Å². The van der Waals surface area contributed by atoms with Crippen molar-refractivity contribution >= 4 is 11.8 Å². The summed E-state index contributed by atoms with van der Waals surface area (Å²) in [5.74, 6) is -0.195. The third-order valence-corrected chi connectivity index (χ3v) is 3.67. The number of fused-ring (bicyclic) bond motifs is 1. The van der Waals surface area contributed by atoms with Gasteiger partial charge in [-0.25, -0.2) is 0 Å². The monoisotopic (exact) mass is 289 g/mol. The highest BCUT2D eigenvalue weighted by molar-refractivity contribution is 5.98. The van der Waals surface area contributed by atoms with Gasteiger partial charge in [0.05, 0.1) is 6.54 Å². The van der Waals surface area contributed by atoms with E-state index in [1.54, 1.807) is 7.05 Å². The molecule has 5 nitrogen and oxygen atoms in total. The first-order valence-corrected chi connectivity index (χ1v) is 7.47. The Kier molecular flexibility index (Phi) is 5.33. The van der Waals surface area contributed by atoms with Crippen LogP contribution >= 0.6 is 0 Å². The summed E-state index contributed by atoms with van der Waals surface area (Å²) < 4.78 is 0. The van der Waals surface area contributed by atoms with Crippen molar-refractivity contribution in [2.24, 2.45) is 0 Å². The number of nitrogens with one attached hydrogen (secondary N) is 2. The number of likely N-dealkylation sites (N-methyl/N-ethyl adjacent to an activating group) is 1. The number of carbonyl (C=O) groups is 2. The van der Waals surface area contributed by atoms with Gasteiger partial charge in [0.25, 0.3) is 5.91 Å². The minimum absolute atomic E-state index is 0.0830. The molecule has 2 amide bonds. The summed E-state index contributed by atoms with van der Waals surface area (Å²) in [6.07, 6.45) is 1.75. The highest BCUT2D eigenvalue weighted by atomic mass is 16.2. The van der Waals surface area contributed by atoms with Crippen molar-refractivity contribution in [3.63, 3.8) is 0 Å². The third-order valence-electron chi connectivity index (χ3n) is 3.67. The summed E-state index contributed by atoms with van der Waals surface area (Å²) in [4.78, 5) is 25.8. The van der Waals surface area contributed by atoms with E-state index < -0.39 is 0 Å². The Hall–Kier alpha value is -1.88. The molecule has 0 unspecified atom stereocenters. The van der Waals surface area contributed by atoms with Gasteiger partial charge in [0.2, 0.25) is 5.91 Å². The van der Waals surface area contributed by atoms with Gasteiger partial charge in [-0.3, -0.25) is 9.59 Å². The first kappa shape index (κ1) is 15.5. The lowest BCUT2D eigenvalue weighted by Gasteiger charge is -2.23. The van der Waals surface area contributed by atoms with E-state index in [0.717, 1.165) is 37.1 Å². The molecule has 1 aliphatic rings. The van der Waals surface area contributed by atoms with Crippen LogP contribution in [-0.4, -0.2) is 43.4 Å². The van der Waals surface area contributed by atoms with Crippen molar-refractivity contribution in [3.8, 4) is 0 Å². The van der Waals surface area contributed by atoms with Gasteiger partial charge in [-0.1, -0.05) is 19.1 Å². The number of hydrogen-bond donors (Lipinski definition) is 2. The Labute approximate surface area is 125 Å². The van der Waals surface area contributed by atoms with Gasteiger partial charge in [0.15, 0.2) is 0 Å². The fraction of sp³-hybridized carbons (Fsp3) is 0.500. The summed E-state index contributed by atoms with van der Waals surface area (Å²) in [5.41, 5.74) is 3.01. The first-order valence-electron chi connectivity index (χ1n) is 7.47. The molecular weight excluding hydrogens is 266 g/mol. The molecule has 0 saturated heterocycles. The van der Waals surface area contributed by atoms with Crippen molar-refractivity contribution in [3.05, 3.63) is 34.9 Å². The lowest BCUT2D eigenvalue weighted by molar-refractivity contribution is -0.121. The summed E-state index contributed by atoms with van der Waals surface area (Å²) in [5, 5.41) is 6.09. The van der Waals surface area contributed by atoms with Crippen LogP contribution < -0.4 is 10.6 Å². The molecule has 0 aromatic heterocycles. The second kappa shape index (κ2) is 7.22. The summed E-state index contributed by atoms with van der Waals surface area (Å²) in [6.45, 7) is 4.43. The van der Waals surface area contributed by atoms with Crippen molar-refractivity contribution in [1.29, 1.82) is 0 Å². The van der Waals surface area contributed by atoms with E-state index in [1.807, 2.05) is 25.1 Å². The molecule has 2 N–H and O–H groups in total. The van der Waals surface area contributed by atoms with Crippen LogP contribution in [0.5, 0.6) is 0 Å². The van der Waals surface area contributed by atoms with Gasteiger partial charge >= 0.3 is 0 Å². The van der Waals surface area contributed by atoms with Crippen molar-refractivity contribution < 1.29 is 9.59 Å². The van der Waals surface area contributed by atoms with E-state index in [2.05, 4.69) is 10.6 Å². The minimum Gasteiger partial charge on any atom is -0.355 e. The Bertz CT molecular complexity index is 528. The SMILES string of the molecule is CCCNC(=O)CN(C)C(=O)c1cccc2c1CCNC2. The molecule has 1 aliphatic heterocycles. The van der Waals surface area contributed by atoms with Crippen LogP contribution in [0.15, 0.2) is 18.2 Å². The van der Waals surface area contributed by atoms with Crippen LogP contribution in [0.2, 0.25) is 0 Å². The van der Waals surface area contributed by atoms with Crippen LogP contribution in [-0.2, 0) is 17.8 Å². The fourth-order valence-electron chi connectivity index (χ4n) is 2.55. The normalized spacial score (nSPS) is 13.4. The van der Waals surface area contributed by atoms with Gasteiger partial charge < -0.3 is 15.5 Å². The number of hydrogen-bond acceptors (Lipinski definition) is 3. The van der Waals surface area contributed by atoms with Crippen molar-refractivity contribution in [2.45, 2.75) is 26.3 Å². The largest absolute Gasteiger partial charge is 0.355 e. The Morgan fingerprint density at radius 2 is 2.19 bits per heavy atom. The van der Waals surface area contributed by atoms with Gasteiger partial charge in [0.1, 0.15) is 0 Å².